The topological polar surface area (TPSA) is 36.9 Å². The summed E-state index contributed by atoms with van der Waals surface area (Å²) < 4.78 is 5.24. The molecule has 0 atom stereocenters. The molecule has 0 radical (unpaired) electrons. The number of nitrogens with one attached hydrogen (secondary N) is 1. The average Bonchev–Trinajstić information content (AvgIpc) is 3.00. The molecule has 0 amide bonds. The van der Waals surface area contributed by atoms with Crippen LogP contribution in [0.25, 0.3) is 0 Å². The smallest absolute Gasteiger partial charge is 0.195 e. The first kappa shape index (κ1) is 17.7. The van der Waals surface area contributed by atoms with Crippen LogP contribution >= 0.6 is 23.6 Å². The van der Waals surface area contributed by atoms with Gasteiger partial charge >= 0.3 is 0 Å². The molecule has 2 heterocycles. The van der Waals surface area contributed by atoms with E-state index in [1.54, 1.807) is 18.4 Å². The van der Waals surface area contributed by atoms with Crippen LogP contribution in [0, 0.1) is 6.92 Å². The van der Waals surface area contributed by atoms with Crippen LogP contribution in [-0.4, -0.2) is 22.9 Å². The van der Waals surface area contributed by atoms with Crippen LogP contribution in [0.4, 0.5) is 5.00 Å². The lowest BCUT2D eigenvalue weighted by atomic mass is 10.0. The van der Waals surface area contributed by atoms with Crippen molar-refractivity contribution in [2.24, 2.45) is 5.10 Å². The highest BCUT2D eigenvalue weighted by Gasteiger charge is 2.23. The van der Waals surface area contributed by atoms with Gasteiger partial charge in [-0.15, -0.1) is 11.3 Å². The van der Waals surface area contributed by atoms with E-state index >= 15 is 0 Å². The van der Waals surface area contributed by atoms with Crippen molar-refractivity contribution in [2.45, 2.75) is 13.5 Å². The lowest BCUT2D eigenvalue weighted by molar-refractivity contribution is 0.413. The number of thiophene rings is 1. The zero-order valence-corrected chi connectivity index (χ0v) is 16.7. The molecule has 0 bridgehead atoms. The minimum Gasteiger partial charge on any atom is -0.497 e. The van der Waals surface area contributed by atoms with Gasteiger partial charge in [0.15, 0.2) is 5.11 Å². The number of hydrogen-bond donors (Lipinski definition) is 1. The summed E-state index contributed by atoms with van der Waals surface area (Å²) in [6.07, 6.45) is 0. The first-order valence-corrected chi connectivity index (χ1v) is 9.83. The molecule has 1 N–H and O–H groups in total. The van der Waals surface area contributed by atoms with Gasteiger partial charge in [-0.05, 0) is 42.9 Å². The van der Waals surface area contributed by atoms with Crippen LogP contribution in [0.5, 0.6) is 5.75 Å². The van der Waals surface area contributed by atoms with Crippen LogP contribution < -0.4 is 10.1 Å². The number of hydrazone groups is 1. The second-order valence-electron chi connectivity index (χ2n) is 6.25. The molecule has 4 nitrogen and oxygen atoms in total. The monoisotopic (exact) mass is 393 g/mol. The third kappa shape index (κ3) is 3.72. The van der Waals surface area contributed by atoms with Crippen molar-refractivity contribution in [3.8, 4) is 5.75 Å². The van der Waals surface area contributed by atoms with E-state index in [1.807, 2.05) is 47.5 Å². The molecule has 2 aromatic carbocycles. The minimum atomic E-state index is 0.583. The Morgan fingerprint density at radius 1 is 1.11 bits per heavy atom. The van der Waals surface area contributed by atoms with Crippen molar-refractivity contribution >= 4 is 39.4 Å². The van der Waals surface area contributed by atoms with Gasteiger partial charge in [-0.2, -0.15) is 5.10 Å². The molecule has 1 aliphatic rings. The second-order valence-corrected chi connectivity index (χ2v) is 7.89. The van der Waals surface area contributed by atoms with Gasteiger partial charge in [0, 0.05) is 16.0 Å². The maximum absolute atomic E-state index is 5.64. The van der Waals surface area contributed by atoms with Crippen LogP contribution in [0.3, 0.4) is 0 Å². The molecule has 0 spiro atoms. The SMILES string of the molecule is COc1ccc(CN2N=C(c3ccccc3)c3cc(C)sc3NC2=S)cc1. The number of hydrogen-bond acceptors (Lipinski definition) is 4. The molecule has 27 heavy (non-hydrogen) atoms. The Hall–Kier alpha value is -2.70. The summed E-state index contributed by atoms with van der Waals surface area (Å²) in [5, 5.41) is 11.8. The van der Waals surface area contributed by atoms with Crippen molar-refractivity contribution in [3.63, 3.8) is 0 Å². The van der Waals surface area contributed by atoms with Gasteiger partial charge in [0.25, 0.3) is 0 Å². The molecule has 0 fully saturated rings. The number of methoxy groups -OCH3 is 1. The largest absolute Gasteiger partial charge is 0.497 e. The maximum Gasteiger partial charge on any atom is 0.195 e. The van der Waals surface area contributed by atoms with Crippen LogP contribution in [0.2, 0.25) is 0 Å². The predicted octanol–water partition coefficient (Wildman–Crippen LogP) is 5.03. The molecule has 136 valence electrons. The minimum absolute atomic E-state index is 0.583. The Labute approximate surface area is 168 Å². The van der Waals surface area contributed by atoms with Gasteiger partial charge in [0.1, 0.15) is 16.5 Å². The Morgan fingerprint density at radius 3 is 2.56 bits per heavy atom. The van der Waals surface area contributed by atoms with E-state index < -0.39 is 0 Å². The van der Waals surface area contributed by atoms with Crippen molar-refractivity contribution in [2.75, 3.05) is 12.4 Å². The van der Waals surface area contributed by atoms with Crippen molar-refractivity contribution in [3.05, 3.63) is 82.2 Å². The third-order valence-electron chi connectivity index (χ3n) is 4.32. The van der Waals surface area contributed by atoms with Crippen molar-refractivity contribution in [1.29, 1.82) is 0 Å². The first-order chi connectivity index (χ1) is 13.1. The number of aryl methyl sites for hydroxylation is 1. The highest BCUT2D eigenvalue weighted by atomic mass is 32.1. The molecule has 0 unspecified atom stereocenters. The van der Waals surface area contributed by atoms with E-state index in [0.29, 0.717) is 11.7 Å². The van der Waals surface area contributed by atoms with E-state index in [-0.39, 0.29) is 0 Å². The summed E-state index contributed by atoms with van der Waals surface area (Å²) in [5.74, 6) is 0.835. The van der Waals surface area contributed by atoms with Crippen molar-refractivity contribution in [1.82, 2.24) is 5.01 Å². The van der Waals surface area contributed by atoms with E-state index in [9.17, 15) is 0 Å². The lowest BCUT2D eigenvalue weighted by Gasteiger charge is -2.19. The number of rotatable bonds is 4. The summed E-state index contributed by atoms with van der Waals surface area (Å²) in [6, 6.07) is 20.4. The zero-order chi connectivity index (χ0) is 18.8. The molecule has 6 heteroatoms. The molecular formula is C21H19N3OS2. The van der Waals surface area contributed by atoms with Crippen LogP contribution in [0.15, 0.2) is 65.8 Å². The molecule has 0 aliphatic carbocycles. The van der Waals surface area contributed by atoms with Crippen LogP contribution in [-0.2, 0) is 6.54 Å². The number of thiocarbonyl (C=S) groups is 1. The van der Waals surface area contributed by atoms with E-state index in [1.165, 1.54) is 4.88 Å². The molecule has 0 saturated carbocycles. The van der Waals surface area contributed by atoms with E-state index in [0.717, 1.165) is 33.2 Å². The highest BCUT2D eigenvalue weighted by molar-refractivity contribution is 7.80. The zero-order valence-electron chi connectivity index (χ0n) is 15.1. The standard InChI is InChI=1S/C21H19N3OS2/c1-14-12-18-19(16-6-4-3-5-7-16)23-24(21(26)22-20(18)27-14)13-15-8-10-17(25-2)11-9-15/h3-12H,13H2,1-2H3,(H,22,26). The fourth-order valence-electron chi connectivity index (χ4n) is 2.98. The Bertz CT molecular complexity index is 994. The quantitative estimate of drug-likeness (QED) is 0.631. The number of nitrogens with zero attached hydrogens (tertiary/aromatic N) is 2. The number of ether oxygens (including phenoxy) is 1. The third-order valence-corrected chi connectivity index (χ3v) is 5.60. The summed E-state index contributed by atoms with van der Waals surface area (Å²) in [4.78, 5) is 1.22. The average molecular weight is 394 g/mol. The van der Waals surface area contributed by atoms with Gasteiger partial charge in [-0.25, -0.2) is 5.01 Å². The van der Waals surface area contributed by atoms with Crippen LogP contribution in [0.1, 0.15) is 21.6 Å². The molecule has 1 aliphatic heterocycles. The Morgan fingerprint density at radius 2 is 1.85 bits per heavy atom. The van der Waals surface area contributed by atoms with E-state index in [2.05, 4.69) is 30.4 Å². The summed E-state index contributed by atoms with van der Waals surface area (Å²) >= 11 is 7.34. The number of fused-ring (bicyclic) bond motifs is 1. The van der Waals surface area contributed by atoms with Gasteiger partial charge < -0.3 is 10.1 Å². The molecule has 0 saturated heterocycles. The normalized spacial score (nSPS) is 13.5. The van der Waals surface area contributed by atoms with E-state index in [4.69, 9.17) is 22.1 Å². The lowest BCUT2D eigenvalue weighted by Crippen LogP contribution is -2.29. The number of benzene rings is 2. The fourth-order valence-corrected chi connectivity index (χ4v) is 4.17. The van der Waals surface area contributed by atoms with Crippen molar-refractivity contribution < 1.29 is 4.74 Å². The predicted molar refractivity (Wildman–Crippen MR) is 116 cm³/mol. The molecule has 3 aromatic rings. The Balaban J connectivity index is 1.74. The second kappa shape index (κ2) is 7.50. The Kier molecular flexibility index (Phi) is 4.92. The summed E-state index contributed by atoms with van der Waals surface area (Å²) in [6.45, 7) is 2.68. The highest BCUT2D eigenvalue weighted by Crippen LogP contribution is 2.32. The van der Waals surface area contributed by atoms with Gasteiger partial charge in [0.05, 0.1) is 13.7 Å². The van der Waals surface area contributed by atoms with Gasteiger partial charge in [-0.3, -0.25) is 0 Å². The molecule has 4 rings (SSSR count). The molecule has 1 aromatic heterocycles. The number of anilines is 1. The van der Waals surface area contributed by atoms with Gasteiger partial charge in [-0.1, -0.05) is 42.5 Å². The maximum atomic E-state index is 5.64. The van der Waals surface area contributed by atoms with Gasteiger partial charge in [0.2, 0.25) is 0 Å². The summed E-state index contributed by atoms with van der Waals surface area (Å²) in [7, 11) is 1.67. The molecular weight excluding hydrogens is 374 g/mol. The first-order valence-electron chi connectivity index (χ1n) is 8.60. The fraction of sp³-hybridized carbons (Fsp3) is 0.143. The summed E-state index contributed by atoms with van der Waals surface area (Å²) in [5.41, 5.74) is 4.19.